The molecular formula is C10H10BrF3N2. The highest BCUT2D eigenvalue weighted by Gasteiger charge is 2.37. The second-order valence-corrected chi connectivity index (χ2v) is 4.90. The molecule has 3 N–H and O–H groups in total. The third kappa shape index (κ3) is 2.09. The van der Waals surface area contributed by atoms with Gasteiger partial charge in [0.1, 0.15) is 0 Å². The van der Waals surface area contributed by atoms with Crippen LogP contribution in [-0.2, 0) is 11.7 Å². The first kappa shape index (κ1) is 11.9. The van der Waals surface area contributed by atoms with Gasteiger partial charge in [0.15, 0.2) is 0 Å². The molecule has 2 rings (SSSR count). The van der Waals surface area contributed by atoms with Crippen LogP contribution in [0, 0.1) is 0 Å². The zero-order valence-electron chi connectivity index (χ0n) is 8.24. The van der Waals surface area contributed by atoms with Crippen molar-refractivity contribution in [1.29, 1.82) is 0 Å². The molecule has 0 saturated carbocycles. The van der Waals surface area contributed by atoms with Gasteiger partial charge in [-0.25, -0.2) is 0 Å². The summed E-state index contributed by atoms with van der Waals surface area (Å²) in [6.07, 6.45) is -4.34. The van der Waals surface area contributed by atoms with E-state index in [-0.39, 0.29) is 0 Å². The third-order valence-electron chi connectivity index (χ3n) is 2.68. The molecule has 1 aromatic rings. The Kier molecular flexibility index (Phi) is 2.76. The molecule has 1 saturated heterocycles. The van der Waals surface area contributed by atoms with E-state index in [4.69, 9.17) is 5.73 Å². The second kappa shape index (κ2) is 3.72. The van der Waals surface area contributed by atoms with E-state index in [1.54, 1.807) is 6.07 Å². The maximum Gasteiger partial charge on any atom is 0.416 e. The smallest absolute Gasteiger partial charge is 0.319 e. The topological polar surface area (TPSA) is 38.0 Å². The average Bonchev–Trinajstić information content (AvgIpc) is 2.11. The van der Waals surface area contributed by atoms with Gasteiger partial charge in [0, 0.05) is 17.6 Å². The summed E-state index contributed by atoms with van der Waals surface area (Å²) in [5.74, 6) is 0. The number of hydrogen-bond acceptors (Lipinski definition) is 2. The van der Waals surface area contributed by atoms with Gasteiger partial charge in [0.05, 0.1) is 11.1 Å². The minimum Gasteiger partial charge on any atom is -0.319 e. The fourth-order valence-corrected chi connectivity index (χ4v) is 2.13. The monoisotopic (exact) mass is 294 g/mol. The molecule has 2 nitrogen and oxygen atoms in total. The molecule has 0 radical (unpaired) electrons. The van der Waals surface area contributed by atoms with E-state index in [9.17, 15) is 13.2 Å². The molecule has 6 heteroatoms. The summed E-state index contributed by atoms with van der Waals surface area (Å²) in [5, 5.41) is 2.96. The molecule has 1 aliphatic heterocycles. The van der Waals surface area contributed by atoms with E-state index < -0.39 is 17.3 Å². The SMILES string of the molecule is NC1(c2cc(Br)cc(C(F)(F)F)c2)CNC1. The van der Waals surface area contributed by atoms with E-state index in [0.717, 1.165) is 12.1 Å². The number of nitrogens with one attached hydrogen (secondary N) is 1. The molecule has 16 heavy (non-hydrogen) atoms. The van der Waals surface area contributed by atoms with Crippen molar-refractivity contribution in [2.45, 2.75) is 11.7 Å². The van der Waals surface area contributed by atoms with Crippen molar-refractivity contribution in [2.75, 3.05) is 13.1 Å². The standard InChI is InChI=1S/C10H10BrF3N2/c11-8-2-6(9(15)4-16-5-9)1-7(3-8)10(12,13)14/h1-3,16H,4-5,15H2. The highest BCUT2D eigenvalue weighted by atomic mass is 79.9. The Morgan fingerprint density at radius 2 is 1.88 bits per heavy atom. The summed E-state index contributed by atoms with van der Waals surface area (Å²) in [6.45, 7) is 1.00. The zero-order chi connectivity index (χ0) is 12.0. The molecule has 0 amide bonds. The third-order valence-corrected chi connectivity index (χ3v) is 3.14. The Morgan fingerprint density at radius 1 is 1.25 bits per heavy atom. The number of halogens is 4. The first-order chi connectivity index (χ1) is 7.31. The van der Waals surface area contributed by atoms with Gasteiger partial charge in [-0.1, -0.05) is 15.9 Å². The molecule has 1 aromatic carbocycles. The zero-order valence-corrected chi connectivity index (χ0v) is 9.82. The highest BCUT2D eigenvalue weighted by molar-refractivity contribution is 9.10. The molecule has 1 aliphatic rings. The Morgan fingerprint density at radius 3 is 2.31 bits per heavy atom. The summed E-state index contributed by atoms with van der Waals surface area (Å²) < 4.78 is 38.1. The lowest BCUT2D eigenvalue weighted by Crippen LogP contribution is -2.62. The Bertz CT molecular complexity index is 413. The molecular weight excluding hydrogens is 285 g/mol. The number of nitrogens with two attached hydrogens (primary N) is 1. The predicted octanol–water partition coefficient (Wildman–Crippen LogP) is 2.23. The lowest BCUT2D eigenvalue weighted by molar-refractivity contribution is -0.137. The molecule has 1 fully saturated rings. The highest BCUT2D eigenvalue weighted by Crippen LogP contribution is 2.35. The minimum atomic E-state index is -4.34. The van der Waals surface area contributed by atoms with Gasteiger partial charge in [0.2, 0.25) is 0 Å². The minimum absolute atomic E-state index is 0.397. The van der Waals surface area contributed by atoms with Crippen molar-refractivity contribution < 1.29 is 13.2 Å². The summed E-state index contributed by atoms with van der Waals surface area (Å²) >= 11 is 3.08. The van der Waals surface area contributed by atoms with Crippen LogP contribution in [0.1, 0.15) is 11.1 Å². The van der Waals surface area contributed by atoms with Crippen LogP contribution < -0.4 is 11.1 Å². The van der Waals surface area contributed by atoms with Crippen molar-refractivity contribution in [3.8, 4) is 0 Å². The molecule has 0 bridgehead atoms. The lowest BCUT2D eigenvalue weighted by Gasteiger charge is -2.39. The largest absolute Gasteiger partial charge is 0.416 e. The van der Waals surface area contributed by atoms with E-state index in [0.29, 0.717) is 23.1 Å². The van der Waals surface area contributed by atoms with Gasteiger partial charge >= 0.3 is 6.18 Å². The predicted molar refractivity (Wildman–Crippen MR) is 57.9 cm³/mol. The summed E-state index contributed by atoms with van der Waals surface area (Å²) in [5.41, 5.74) is 5.11. The van der Waals surface area contributed by atoms with Crippen molar-refractivity contribution in [3.63, 3.8) is 0 Å². The van der Waals surface area contributed by atoms with E-state index in [1.807, 2.05) is 0 Å². The number of benzene rings is 1. The summed E-state index contributed by atoms with van der Waals surface area (Å²) in [4.78, 5) is 0. The van der Waals surface area contributed by atoms with Crippen molar-refractivity contribution >= 4 is 15.9 Å². The van der Waals surface area contributed by atoms with Gasteiger partial charge in [-0.15, -0.1) is 0 Å². The first-order valence-electron chi connectivity index (χ1n) is 4.69. The molecule has 0 unspecified atom stereocenters. The molecule has 0 aromatic heterocycles. The molecule has 0 atom stereocenters. The van der Waals surface area contributed by atoms with E-state index in [2.05, 4.69) is 21.2 Å². The Hall–Kier alpha value is -0.590. The number of rotatable bonds is 1. The van der Waals surface area contributed by atoms with Crippen LogP contribution in [0.15, 0.2) is 22.7 Å². The van der Waals surface area contributed by atoms with Crippen molar-refractivity contribution in [1.82, 2.24) is 5.32 Å². The molecule has 0 aliphatic carbocycles. The first-order valence-corrected chi connectivity index (χ1v) is 5.48. The van der Waals surface area contributed by atoms with Gasteiger partial charge < -0.3 is 11.1 Å². The Labute approximate surface area is 99.1 Å². The lowest BCUT2D eigenvalue weighted by atomic mass is 9.84. The fourth-order valence-electron chi connectivity index (χ4n) is 1.64. The van der Waals surface area contributed by atoms with Crippen molar-refractivity contribution in [2.24, 2.45) is 5.73 Å². The Balaban J connectivity index is 2.44. The maximum atomic E-state index is 12.6. The van der Waals surface area contributed by atoms with Gasteiger partial charge in [-0.05, 0) is 23.8 Å². The van der Waals surface area contributed by atoms with Gasteiger partial charge in [-0.2, -0.15) is 13.2 Å². The van der Waals surface area contributed by atoms with Gasteiger partial charge in [0.25, 0.3) is 0 Å². The molecule has 88 valence electrons. The maximum absolute atomic E-state index is 12.6. The number of alkyl halides is 3. The van der Waals surface area contributed by atoms with E-state index >= 15 is 0 Å². The molecule has 1 heterocycles. The van der Waals surface area contributed by atoms with E-state index in [1.165, 1.54) is 0 Å². The summed E-state index contributed by atoms with van der Waals surface area (Å²) in [6, 6.07) is 3.81. The molecule has 0 spiro atoms. The second-order valence-electron chi connectivity index (χ2n) is 3.99. The van der Waals surface area contributed by atoms with Crippen molar-refractivity contribution in [3.05, 3.63) is 33.8 Å². The number of hydrogen-bond donors (Lipinski definition) is 2. The van der Waals surface area contributed by atoms with Crippen LogP contribution in [-0.4, -0.2) is 13.1 Å². The van der Waals surface area contributed by atoms with Crippen LogP contribution in [0.2, 0.25) is 0 Å². The van der Waals surface area contributed by atoms with Crippen LogP contribution >= 0.6 is 15.9 Å². The quantitative estimate of drug-likeness (QED) is 0.834. The van der Waals surface area contributed by atoms with Crippen LogP contribution in [0.4, 0.5) is 13.2 Å². The fraction of sp³-hybridized carbons (Fsp3) is 0.400. The summed E-state index contributed by atoms with van der Waals surface area (Å²) in [7, 11) is 0. The van der Waals surface area contributed by atoms with Crippen LogP contribution in [0.25, 0.3) is 0 Å². The van der Waals surface area contributed by atoms with Crippen LogP contribution in [0.3, 0.4) is 0 Å². The van der Waals surface area contributed by atoms with Gasteiger partial charge in [-0.3, -0.25) is 0 Å². The van der Waals surface area contributed by atoms with Crippen LogP contribution in [0.5, 0.6) is 0 Å². The average molecular weight is 295 g/mol. The normalized spacial score (nSPS) is 19.3.